The number of fused-ring (bicyclic) bond motifs is 2. The number of amides is 1. The van der Waals surface area contributed by atoms with E-state index in [-0.39, 0.29) is 23.9 Å². The molecular weight excluding hydrogens is 405 g/mol. The van der Waals surface area contributed by atoms with Crippen molar-refractivity contribution in [3.05, 3.63) is 36.1 Å². The van der Waals surface area contributed by atoms with Gasteiger partial charge in [0.2, 0.25) is 6.79 Å². The first kappa shape index (κ1) is 19.1. The summed E-state index contributed by atoms with van der Waals surface area (Å²) in [6.45, 7) is 1.63. The highest BCUT2D eigenvalue weighted by Crippen LogP contribution is 2.41. The Morgan fingerprint density at radius 1 is 1.14 bits per heavy atom. The van der Waals surface area contributed by atoms with Gasteiger partial charge in [-0.2, -0.15) is 8.42 Å². The van der Waals surface area contributed by atoms with Gasteiger partial charge < -0.3 is 19.5 Å². The van der Waals surface area contributed by atoms with Gasteiger partial charge in [0.15, 0.2) is 17.6 Å². The van der Waals surface area contributed by atoms with E-state index in [2.05, 4.69) is 5.32 Å². The van der Waals surface area contributed by atoms with Crippen LogP contribution in [0.4, 0.5) is 21.5 Å². The molecule has 9 nitrogen and oxygen atoms in total. The Morgan fingerprint density at radius 2 is 1.79 bits per heavy atom. The lowest BCUT2D eigenvalue weighted by Crippen LogP contribution is -2.32. The standard InChI is InChI=1S/C18H18FN3O6S/c1-10(28-11-4-5-16-17(6-11)27-9-26-16)18(23)20-13-8-15-14(7-12(13)19)21(2)29(24,25)22(15)3/h4-8,10H,9H2,1-3H3,(H,20,23)/t10-/m0/s1. The SMILES string of the molecule is C[C@H](Oc1ccc2c(c1)OCO2)C(=O)Nc1cc2c(cc1F)N(C)S(=O)(=O)N2C. The van der Waals surface area contributed by atoms with Crippen molar-refractivity contribution < 1.29 is 31.8 Å². The second-order valence-corrected chi connectivity index (χ2v) is 8.52. The predicted octanol–water partition coefficient (Wildman–Crippen LogP) is 2.09. The molecule has 0 aliphatic carbocycles. The van der Waals surface area contributed by atoms with Crippen LogP contribution in [-0.4, -0.2) is 41.3 Å². The number of hydrogen-bond acceptors (Lipinski definition) is 6. The van der Waals surface area contributed by atoms with Crippen LogP contribution in [0, 0.1) is 5.82 Å². The van der Waals surface area contributed by atoms with Crippen molar-refractivity contribution >= 4 is 33.2 Å². The van der Waals surface area contributed by atoms with E-state index in [0.717, 1.165) is 14.7 Å². The third-order valence-electron chi connectivity index (χ3n) is 4.72. The van der Waals surface area contributed by atoms with Crippen LogP contribution in [0.1, 0.15) is 6.92 Å². The van der Waals surface area contributed by atoms with E-state index in [9.17, 15) is 17.6 Å². The summed E-state index contributed by atoms with van der Waals surface area (Å²) in [6, 6.07) is 7.22. The molecule has 1 atom stereocenters. The molecule has 0 spiro atoms. The number of nitrogens with one attached hydrogen (secondary N) is 1. The number of hydrogen-bond donors (Lipinski definition) is 1. The molecular formula is C18H18FN3O6S. The summed E-state index contributed by atoms with van der Waals surface area (Å²) >= 11 is 0. The average Bonchev–Trinajstić information content (AvgIpc) is 3.20. The van der Waals surface area contributed by atoms with Gasteiger partial charge in [-0.15, -0.1) is 0 Å². The summed E-state index contributed by atoms with van der Waals surface area (Å²) in [5.74, 6) is 0.119. The zero-order valence-electron chi connectivity index (χ0n) is 15.8. The molecule has 0 saturated carbocycles. The van der Waals surface area contributed by atoms with Gasteiger partial charge in [-0.3, -0.25) is 13.4 Å². The van der Waals surface area contributed by atoms with Crippen LogP contribution < -0.4 is 28.1 Å². The van der Waals surface area contributed by atoms with Crippen molar-refractivity contribution in [2.45, 2.75) is 13.0 Å². The predicted molar refractivity (Wildman–Crippen MR) is 103 cm³/mol. The lowest BCUT2D eigenvalue weighted by molar-refractivity contribution is -0.122. The molecule has 0 aromatic heterocycles. The Morgan fingerprint density at radius 3 is 2.52 bits per heavy atom. The van der Waals surface area contributed by atoms with E-state index in [1.165, 1.54) is 27.1 Å². The van der Waals surface area contributed by atoms with Crippen LogP contribution in [0.15, 0.2) is 30.3 Å². The number of rotatable bonds is 4. The van der Waals surface area contributed by atoms with Gasteiger partial charge in [0.1, 0.15) is 11.6 Å². The second kappa shape index (κ2) is 6.69. The number of anilines is 3. The van der Waals surface area contributed by atoms with Gasteiger partial charge in [-0.1, -0.05) is 0 Å². The maximum Gasteiger partial charge on any atom is 0.326 e. The van der Waals surface area contributed by atoms with E-state index >= 15 is 0 Å². The summed E-state index contributed by atoms with van der Waals surface area (Å²) in [5.41, 5.74) is 0.299. The third-order valence-corrected chi connectivity index (χ3v) is 6.50. The maximum atomic E-state index is 14.5. The molecule has 0 bridgehead atoms. The quantitative estimate of drug-likeness (QED) is 0.809. The maximum absolute atomic E-state index is 14.5. The van der Waals surface area contributed by atoms with Gasteiger partial charge in [-0.05, 0) is 25.1 Å². The zero-order chi connectivity index (χ0) is 20.9. The molecule has 2 aromatic carbocycles. The molecule has 11 heteroatoms. The molecule has 4 rings (SSSR count). The lowest BCUT2D eigenvalue weighted by Gasteiger charge is -2.16. The number of benzene rings is 2. The molecule has 0 saturated heterocycles. The molecule has 154 valence electrons. The number of carbonyl (C=O) groups is 1. The molecule has 2 aliphatic heterocycles. The van der Waals surface area contributed by atoms with Crippen molar-refractivity contribution in [1.29, 1.82) is 0 Å². The van der Waals surface area contributed by atoms with E-state index < -0.39 is 28.0 Å². The summed E-state index contributed by atoms with van der Waals surface area (Å²) in [5, 5.41) is 2.44. The highest BCUT2D eigenvalue weighted by atomic mass is 32.2. The Labute approximate surface area is 166 Å². The molecule has 0 fully saturated rings. The van der Waals surface area contributed by atoms with E-state index in [4.69, 9.17) is 14.2 Å². The van der Waals surface area contributed by atoms with Gasteiger partial charge in [-0.25, -0.2) is 4.39 Å². The fourth-order valence-electron chi connectivity index (χ4n) is 3.03. The molecule has 2 aliphatic rings. The molecule has 2 heterocycles. The summed E-state index contributed by atoms with van der Waals surface area (Å²) in [7, 11) is -1.06. The largest absolute Gasteiger partial charge is 0.481 e. The Hall–Kier alpha value is -3.21. The first-order valence-corrected chi connectivity index (χ1v) is 10.0. The highest BCUT2D eigenvalue weighted by Gasteiger charge is 2.36. The van der Waals surface area contributed by atoms with E-state index in [0.29, 0.717) is 17.2 Å². The highest BCUT2D eigenvalue weighted by molar-refractivity contribution is 7.94. The number of nitrogens with zero attached hydrogens (tertiary/aromatic N) is 2. The molecule has 2 aromatic rings. The minimum absolute atomic E-state index is 0.117. The third kappa shape index (κ3) is 3.16. The Kier molecular flexibility index (Phi) is 4.41. The Bertz CT molecular complexity index is 1110. The van der Waals surface area contributed by atoms with Crippen LogP contribution in [0.25, 0.3) is 0 Å². The minimum atomic E-state index is -3.75. The van der Waals surface area contributed by atoms with E-state index in [1.807, 2.05) is 0 Å². The van der Waals surface area contributed by atoms with Gasteiger partial charge in [0.25, 0.3) is 5.91 Å². The second-order valence-electron chi connectivity index (χ2n) is 6.53. The average molecular weight is 423 g/mol. The van der Waals surface area contributed by atoms with Crippen LogP contribution in [0.5, 0.6) is 17.2 Å². The van der Waals surface area contributed by atoms with Crippen molar-refractivity contribution in [3.63, 3.8) is 0 Å². The zero-order valence-corrected chi connectivity index (χ0v) is 16.6. The van der Waals surface area contributed by atoms with Crippen LogP contribution in [0.3, 0.4) is 0 Å². The molecule has 1 amide bonds. The van der Waals surface area contributed by atoms with Crippen LogP contribution >= 0.6 is 0 Å². The van der Waals surface area contributed by atoms with E-state index in [1.54, 1.807) is 18.2 Å². The fraction of sp³-hybridized carbons (Fsp3) is 0.278. The van der Waals surface area contributed by atoms with Gasteiger partial charge >= 0.3 is 10.2 Å². The smallest absolute Gasteiger partial charge is 0.326 e. The molecule has 1 N–H and O–H groups in total. The minimum Gasteiger partial charge on any atom is -0.481 e. The Balaban J connectivity index is 1.51. The number of halogens is 1. The summed E-state index contributed by atoms with van der Waals surface area (Å²) in [6.07, 6.45) is -0.952. The summed E-state index contributed by atoms with van der Waals surface area (Å²) < 4.78 is 56.9. The first-order chi connectivity index (χ1) is 13.7. The van der Waals surface area contributed by atoms with Gasteiger partial charge in [0, 0.05) is 26.2 Å². The van der Waals surface area contributed by atoms with Crippen molar-refractivity contribution in [1.82, 2.24) is 0 Å². The topological polar surface area (TPSA) is 97.4 Å². The monoisotopic (exact) mass is 423 g/mol. The first-order valence-electron chi connectivity index (χ1n) is 8.62. The van der Waals surface area contributed by atoms with Crippen LogP contribution in [0.2, 0.25) is 0 Å². The lowest BCUT2D eigenvalue weighted by atomic mass is 10.2. The van der Waals surface area contributed by atoms with Crippen molar-refractivity contribution in [2.24, 2.45) is 0 Å². The van der Waals surface area contributed by atoms with Gasteiger partial charge in [0.05, 0.1) is 17.1 Å². The number of carbonyl (C=O) groups excluding carboxylic acids is 1. The molecule has 0 unspecified atom stereocenters. The van der Waals surface area contributed by atoms with Crippen LogP contribution in [-0.2, 0) is 15.0 Å². The summed E-state index contributed by atoms with van der Waals surface area (Å²) in [4.78, 5) is 12.5. The number of ether oxygens (including phenoxy) is 3. The van der Waals surface area contributed by atoms with Crippen molar-refractivity contribution in [3.8, 4) is 17.2 Å². The molecule has 0 radical (unpaired) electrons. The molecule has 29 heavy (non-hydrogen) atoms. The fourth-order valence-corrected chi connectivity index (χ4v) is 4.18. The normalized spacial score (nSPS) is 17.1. The van der Waals surface area contributed by atoms with Crippen molar-refractivity contribution in [2.75, 3.05) is 34.8 Å².